The van der Waals surface area contributed by atoms with Crippen LogP contribution in [0.1, 0.15) is 41.6 Å². The van der Waals surface area contributed by atoms with Crippen LogP contribution in [-0.2, 0) is 6.54 Å². The number of nitrogens with zero attached hydrogens (tertiary/aromatic N) is 2. The third-order valence-corrected chi connectivity index (χ3v) is 3.66. The third kappa shape index (κ3) is 3.48. The molecule has 0 fully saturated rings. The van der Waals surface area contributed by atoms with Gasteiger partial charge in [0.15, 0.2) is 5.89 Å². The number of oxazole rings is 1. The lowest BCUT2D eigenvalue weighted by Gasteiger charge is -2.23. The summed E-state index contributed by atoms with van der Waals surface area (Å²) in [5.41, 5.74) is 1.81. The minimum atomic E-state index is -0.0806. The highest BCUT2D eigenvalue weighted by Gasteiger charge is 2.23. The average Bonchev–Trinajstić information content (AvgIpc) is 2.96. The average molecular weight is 292 g/mol. The smallest absolute Gasteiger partial charge is 0.291 e. The minimum Gasteiger partial charge on any atom is -0.436 e. The van der Waals surface area contributed by atoms with E-state index in [1.54, 1.807) is 18.3 Å². The minimum absolute atomic E-state index is 0.0806. The van der Waals surface area contributed by atoms with Crippen molar-refractivity contribution in [1.82, 2.24) is 9.88 Å². The number of aryl methyl sites for hydroxylation is 2. The predicted molar refractivity (Wildman–Crippen MR) is 79.9 cm³/mol. The third-order valence-electron chi connectivity index (χ3n) is 2.92. The molecule has 20 heavy (non-hydrogen) atoms. The number of amides is 1. The van der Waals surface area contributed by atoms with E-state index in [0.717, 1.165) is 5.56 Å². The van der Waals surface area contributed by atoms with Crippen LogP contribution >= 0.6 is 11.3 Å². The first-order chi connectivity index (χ1) is 9.47. The van der Waals surface area contributed by atoms with E-state index in [1.807, 2.05) is 23.3 Å². The molecule has 0 spiro atoms. The van der Waals surface area contributed by atoms with E-state index in [4.69, 9.17) is 4.42 Å². The zero-order valence-corrected chi connectivity index (χ0v) is 13.2. The molecule has 0 atom stereocenters. The molecule has 2 aromatic rings. The first kappa shape index (κ1) is 14.8. The van der Waals surface area contributed by atoms with E-state index in [1.165, 1.54) is 0 Å². The second kappa shape index (κ2) is 6.22. The number of rotatable bonds is 5. The van der Waals surface area contributed by atoms with Crippen molar-refractivity contribution in [3.05, 3.63) is 39.7 Å². The summed E-state index contributed by atoms with van der Waals surface area (Å²) in [6, 6.07) is 2.05. The molecule has 2 aromatic heterocycles. The lowest BCUT2D eigenvalue weighted by molar-refractivity contribution is 0.0688. The van der Waals surface area contributed by atoms with Gasteiger partial charge < -0.3 is 9.32 Å². The molecule has 0 aromatic carbocycles. The van der Waals surface area contributed by atoms with E-state index in [2.05, 4.69) is 24.2 Å². The lowest BCUT2D eigenvalue weighted by atomic mass is 10.2. The number of hydrogen-bond acceptors (Lipinski definition) is 4. The summed E-state index contributed by atoms with van der Waals surface area (Å²) in [6.07, 6.45) is 0. The second-order valence-corrected chi connectivity index (χ2v) is 6.14. The Morgan fingerprint density at radius 3 is 2.70 bits per heavy atom. The molecule has 0 saturated carbocycles. The Hall–Kier alpha value is -1.62. The van der Waals surface area contributed by atoms with Crippen molar-refractivity contribution in [2.24, 2.45) is 5.92 Å². The molecule has 4 nitrogen and oxygen atoms in total. The van der Waals surface area contributed by atoms with Gasteiger partial charge in [-0.15, -0.1) is 0 Å². The van der Waals surface area contributed by atoms with Gasteiger partial charge >= 0.3 is 0 Å². The number of hydrogen-bond donors (Lipinski definition) is 0. The molecule has 0 saturated heterocycles. The predicted octanol–water partition coefficient (Wildman–Crippen LogP) is 3.65. The first-order valence-corrected chi connectivity index (χ1v) is 7.66. The van der Waals surface area contributed by atoms with E-state index in [-0.39, 0.29) is 5.91 Å². The van der Waals surface area contributed by atoms with Crippen LogP contribution in [0, 0.1) is 19.8 Å². The molecule has 2 rings (SSSR count). The first-order valence-electron chi connectivity index (χ1n) is 6.71. The maximum atomic E-state index is 12.6. The van der Waals surface area contributed by atoms with Crippen LogP contribution in [-0.4, -0.2) is 22.3 Å². The number of aromatic nitrogens is 1. The van der Waals surface area contributed by atoms with Crippen LogP contribution < -0.4 is 0 Å². The molecule has 0 unspecified atom stereocenters. The van der Waals surface area contributed by atoms with Gasteiger partial charge in [-0.05, 0) is 35.2 Å². The van der Waals surface area contributed by atoms with Crippen molar-refractivity contribution in [2.75, 3.05) is 6.54 Å². The fraction of sp³-hybridized carbons (Fsp3) is 0.467. The Labute approximate surface area is 123 Å². The van der Waals surface area contributed by atoms with Crippen molar-refractivity contribution in [3.63, 3.8) is 0 Å². The zero-order valence-electron chi connectivity index (χ0n) is 12.3. The molecule has 0 aliphatic heterocycles. The van der Waals surface area contributed by atoms with E-state index in [0.29, 0.717) is 36.4 Å². The van der Waals surface area contributed by atoms with Gasteiger partial charge in [-0.2, -0.15) is 11.3 Å². The van der Waals surface area contributed by atoms with Gasteiger partial charge in [-0.3, -0.25) is 4.79 Å². The van der Waals surface area contributed by atoms with Crippen LogP contribution in [0.3, 0.4) is 0 Å². The monoisotopic (exact) mass is 292 g/mol. The van der Waals surface area contributed by atoms with E-state index >= 15 is 0 Å². The number of carbonyl (C=O) groups excluding carboxylic acids is 1. The standard InChI is InChI=1S/C15H20N2O2S/c1-10(2)7-17(8-13-5-6-20-9-13)15(18)14-11(3)16-12(4)19-14/h5-6,9-10H,7-8H2,1-4H3. The Balaban J connectivity index is 2.21. The highest BCUT2D eigenvalue weighted by Crippen LogP contribution is 2.17. The molecular formula is C15H20N2O2S. The molecule has 0 radical (unpaired) electrons. The Bertz CT molecular complexity index is 573. The van der Waals surface area contributed by atoms with Crippen LogP contribution in [0.4, 0.5) is 0 Å². The summed E-state index contributed by atoms with van der Waals surface area (Å²) >= 11 is 1.64. The van der Waals surface area contributed by atoms with Gasteiger partial charge in [0.05, 0.1) is 5.69 Å². The van der Waals surface area contributed by atoms with Crippen LogP contribution in [0.25, 0.3) is 0 Å². The van der Waals surface area contributed by atoms with Crippen molar-refractivity contribution in [3.8, 4) is 0 Å². The highest BCUT2D eigenvalue weighted by molar-refractivity contribution is 7.07. The Morgan fingerprint density at radius 1 is 1.45 bits per heavy atom. The fourth-order valence-electron chi connectivity index (χ4n) is 2.14. The molecule has 108 valence electrons. The molecule has 0 aliphatic rings. The SMILES string of the molecule is Cc1nc(C)c(C(=O)N(Cc2ccsc2)CC(C)C)o1. The number of thiophene rings is 1. The molecular weight excluding hydrogens is 272 g/mol. The van der Waals surface area contributed by atoms with E-state index < -0.39 is 0 Å². The fourth-order valence-corrected chi connectivity index (χ4v) is 2.80. The van der Waals surface area contributed by atoms with Crippen LogP contribution in [0.2, 0.25) is 0 Å². The van der Waals surface area contributed by atoms with Gasteiger partial charge in [0, 0.05) is 20.0 Å². The summed E-state index contributed by atoms with van der Waals surface area (Å²) in [7, 11) is 0. The van der Waals surface area contributed by atoms with Gasteiger partial charge in [-0.1, -0.05) is 13.8 Å². The zero-order chi connectivity index (χ0) is 14.7. The summed E-state index contributed by atoms with van der Waals surface area (Å²) in [5.74, 6) is 1.22. The Morgan fingerprint density at radius 2 is 2.20 bits per heavy atom. The van der Waals surface area contributed by atoms with Crippen molar-refractivity contribution in [1.29, 1.82) is 0 Å². The summed E-state index contributed by atoms with van der Waals surface area (Å²) in [5, 5.41) is 4.09. The lowest BCUT2D eigenvalue weighted by Crippen LogP contribution is -2.33. The molecule has 0 aliphatic carbocycles. The maximum absolute atomic E-state index is 12.6. The molecule has 0 N–H and O–H groups in total. The second-order valence-electron chi connectivity index (χ2n) is 5.36. The Kier molecular flexibility index (Phi) is 4.60. The normalized spacial score (nSPS) is 11.1. The summed E-state index contributed by atoms with van der Waals surface area (Å²) in [4.78, 5) is 18.6. The van der Waals surface area contributed by atoms with Gasteiger partial charge in [0.1, 0.15) is 0 Å². The van der Waals surface area contributed by atoms with Crippen LogP contribution in [0.5, 0.6) is 0 Å². The maximum Gasteiger partial charge on any atom is 0.291 e. The molecule has 1 amide bonds. The largest absolute Gasteiger partial charge is 0.436 e. The van der Waals surface area contributed by atoms with Gasteiger partial charge in [0.25, 0.3) is 5.91 Å². The van der Waals surface area contributed by atoms with Crippen molar-refractivity contribution >= 4 is 17.2 Å². The molecule has 5 heteroatoms. The van der Waals surface area contributed by atoms with Crippen molar-refractivity contribution in [2.45, 2.75) is 34.2 Å². The van der Waals surface area contributed by atoms with Gasteiger partial charge in [0.2, 0.25) is 5.76 Å². The van der Waals surface area contributed by atoms with Gasteiger partial charge in [-0.25, -0.2) is 4.98 Å². The summed E-state index contributed by atoms with van der Waals surface area (Å²) in [6.45, 7) is 9.09. The highest BCUT2D eigenvalue weighted by atomic mass is 32.1. The van der Waals surface area contributed by atoms with Crippen LogP contribution in [0.15, 0.2) is 21.2 Å². The number of carbonyl (C=O) groups is 1. The van der Waals surface area contributed by atoms with E-state index in [9.17, 15) is 4.79 Å². The molecule has 2 heterocycles. The molecule has 0 bridgehead atoms. The summed E-state index contributed by atoms with van der Waals surface area (Å²) < 4.78 is 5.46. The topological polar surface area (TPSA) is 46.3 Å². The van der Waals surface area contributed by atoms with Crippen molar-refractivity contribution < 1.29 is 9.21 Å². The quantitative estimate of drug-likeness (QED) is 0.845.